The minimum atomic E-state index is -0.825. The van der Waals surface area contributed by atoms with Gasteiger partial charge in [0.25, 0.3) is 0 Å². The van der Waals surface area contributed by atoms with Crippen LogP contribution in [0.5, 0.6) is 0 Å². The number of benzene rings is 1. The Morgan fingerprint density at radius 2 is 2.06 bits per heavy atom. The highest BCUT2D eigenvalue weighted by atomic mass is 35.5. The van der Waals surface area contributed by atoms with Gasteiger partial charge < -0.3 is 14.8 Å². The van der Waals surface area contributed by atoms with E-state index in [1.165, 1.54) is 7.11 Å². The molecule has 0 spiro atoms. The molecule has 1 aliphatic heterocycles. The molecule has 1 aromatic carbocycles. The molecule has 0 aliphatic carbocycles. The van der Waals surface area contributed by atoms with E-state index in [0.29, 0.717) is 10.6 Å². The van der Waals surface area contributed by atoms with Crippen molar-refractivity contribution in [3.8, 4) is 0 Å². The summed E-state index contributed by atoms with van der Waals surface area (Å²) in [6.45, 7) is 0. The average Bonchev–Trinajstić information content (AvgIpc) is 2.71. The fourth-order valence-electron chi connectivity index (χ4n) is 1.64. The monoisotopic (exact) mass is 255 g/mol. The standard InChI is InChI=1S/C11H10ClNO4/c1-16-10(14)8-9(17-11(15)13-8)6-2-4-7(12)5-3-6/h2-5,8-9H,1H3,(H,13,15). The van der Waals surface area contributed by atoms with Crippen molar-refractivity contribution in [1.82, 2.24) is 5.32 Å². The summed E-state index contributed by atoms with van der Waals surface area (Å²) in [6, 6.07) is 5.90. The molecule has 1 heterocycles. The Labute approximate surface area is 103 Å². The maximum Gasteiger partial charge on any atom is 0.408 e. The second-order valence-corrected chi connectivity index (χ2v) is 3.96. The van der Waals surface area contributed by atoms with E-state index in [-0.39, 0.29) is 0 Å². The summed E-state index contributed by atoms with van der Waals surface area (Å²) >= 11 is 5.76. The molecular weight excluding hydrogens is 246 g/mol. The van der Waals surface area contributed by atoms with E-state index < -0.39 is 24.2 Å². The van der Waals surface area contributed by atoms with Crippen molar-refractivity contribution in [3.63, 3.8) is 0 Å². The van der Waals surface area contributed by atoms with Gasteiger partial charge in [0, 0.05) is 5.02 Å². The zero-order valence-electron chi connectivity index (χ0n) is 8.98. The number of esters is 1. The van der Waals surface area contributed by atoms with Crippen LogP contribution in [0.15, 0.2) is 24.3 Å². The molecule has 90 valence electrons. The van der Waals surface area contributed by atoms with E-state index in [1.807, 2.05) is 0 Å². The third-order valence-corrected chi connectivity index (χ3v) is 2.72. The number of carbonyl (C=O) groups excluding carboxylic acids is 2. The van der Waals surface area contributed by atoms with Gasteiger partial charge >= 0.3 is 12.1 Å². The molecule has 1 amide bonds. The molecule has 1 saturated heterocycles. The number of halogens is 1. The van der Waals surface area contributed by atoms with Gasteiger partial charge in [-0.25, -0.2) is 9.59 Å². The minimum Gasteiger partial charge on any atom is -0.467 e. The van der Waals surface area contributed by atoms with Crippen molar-refractivity contribution >= 4 is 23.7 Å². The first-order valence-corrected chi connectivity index (χ1v) is 5.30. The molecule has 1 N–H and O–H groups in total. The molecule has 1 aliphatic rings. The van der Waals surface area contributed by atoms with Gasteiger partial charge in [0.2, 0.25) is 0 Å². The fourth-order valence-corrected chi connectivity index (χ4v) is 1.77. The van der Waals surface area contributed by atoms with Gasteiger partial charge in [0.05, 0.1) is 7.11 Å². The van der Waals surface area contributed by atoms with Gasteiger partial charge in [-0.15, -0.1) is 0 Å². The van der Waals surface area contributed by atoms with Crippen molar-refractivity contribution in [2.45, 2.75) is 12.1 Å². The number of hydrogen-bond acceptors (Lipinski definition) is 4. The Hall–Kier alpha value is -1.75. The lowest BCUT2D eigenvalue weighted by Crippen LogP contribution is -2.36. The van der Waals surface area contributed by atoms with Crippen LogP contribution in [0, 0.1) is 0 Å². The van der Waals surface area contributed by atoms with Gasteiger partial charge in [-0.1, -0.05) is 23.7 Å². The number of hydrogen-bond donors (Lipinski definition) is 1. The number of methoxy groups -OCH3 is 1. The molecule has 2 rings (SSSR count). The van der Waals surface area contributed by atoms with Gasteiger partial charge in [-0.05, 0) is 17.7 Å². The zero-order chi connectivity index (χ0) is 12.4. The normalized spacial score (nSPS) is 22.8. The zero-order valence-corrected chi connectivity index (χ0v) is 9.73. The Kier molecular flexibility index (Phi) is 3.19. The number of rotatable bonds is 2. The maximum absolute atomic E-state index is 11.5. The molecule has 1 fully saturated rings. The lowest BCUT2D eigenvalue weighted by molar-refractivity contribution is -0.144. The van der Waals surface area contributed by atoms with Crippen LogP contribution < -0.4 is 5.32 Å². The Morgan fingerprint density at radius 1 is 1.41 bits per heavy atom. The highest BCUT2D eigenvalue weighted by Crippen LogP contribution is 2.27. The van der Waals surface area contributed by atoms with Gasteiger partial charge in [-0.3, -0.25) is 0 Å². The first-order chi connectivity index (χ1) is 8.11. The molecular formula is C11H10ClNO4. The van der Waals surface area contributed by atoms with Crippen LogP contribution >= 0.6 is 11.6 Å². The molecule has 2 atom stereocenters. The van der Waals surface area contributed by atoms with E-state index in [2.05, 4.69) is 10.1 Å². The average molecular weight is 256 g/mol. The number of cyclic esters (lactones) is 1. The lowest BCUT2D eigenvalue weighted by atomic mass is 10.0. The lowest BCUT2D eigenvalue weighted by Gasteiger charge is -2.14. The third-order valence-electron chi connectivity index (χ3n) is 2.46. The van der Waals surface area contributed by atoms with Crippen molar-refractivity contribution < 1.29 is 19.1 Å². The third kappa shape index (κ3) is 2.34. The first kappa shape index (κ1) is 11.7. The van der Waals surface area contributed by atoms with Crippen LogP contribution in [0.4, 0.5) is 4.79 Å². The van der Waals surface area contributed by atoms with Crippen molar-refractivity contribution in [1.29, 1.82) is 0 Å². The van der Waals surface area contributed by atoms with Crippen LogP contribution in [0.3, 0.4) is 0 Å². The maximum atomic E-state index is 11.5. The highest BCUT2D eigenvalue weighted by molar-refractivity contribution is 6.30. The quantitative estimate of drug-likeness (QED) is 0.817. The summed E-state index contributed by atoms with van der Waals surface area (Å²) in [5, 5.41) is 2.97. The van der Waals surface area contributed by atoms with E-state index in [4.69, 9.17) is 16.3 Å². The van der Waals surface area contributed by atoms with E-state index in [1.54, 1.807) is 24.3 Å². The molecule has 6 heteroatoms. The molecule has 17 heavy (non-hydrogen) atoms. The van der Waals surface area contributed by atoms with Crippen LogP contribution in [-0.2, 0) is 14.3 Å². The predicted molar refractivity (Wildman–Crippen MR) is 59.6 cm³/mol. The summed E-state index contributed by atoms with van der Waals surface area (Å²) in [5.41, 5.74) is 0.683. The van der Waals surface area contributed by atoms with Crippen molar-refractivity contribution in [3.05, 3.63) is 34.9 Å². The van der Waals surface area contributed by atoms with Crippen LogP contribution in [0.2, 0.25) is 5.02 Å². The first-order valence-electron chi connectivity index (χ1n) is 4.92. The molecule has 1 aromatic rings. The summed E-state index contributed by atoms with van der Waals surface area (Å²) in [4.78, 5) is 22.6. The smallest absolute Gasteiger partial charge is 0.408 e. The minimum absolute atomic E-state index is 0.546. The van der Waals surface area contributed by atoms with Gasteiger partial charge in [0.1, 0.15) is 0 Å². The van der Waals surface area contributed by atoms with Crippen LogP contribution in [-0.4, -0.2) is 25.2 Å². The van der Waals surface area contributed by atoms with Gasteiger partial charge in [-0.2, -0.15) is 0 Å². The number of nitrogens with one attached hydrogen (secondary N) is 1. The molecule has 0 radical (unpaired) electrons. The Balaban J connectivity index is 2.26. The molecule has 0 saturated carbocycles. The summed E-state index contributed by atoms with van der Waals surface area (Å²) in [7, 11) is 1.26. The molecule has 5 nitrogen and oxygen atoms in total. The van der Waals surface area contributed by atoms with E-state index in [0.717, 1.165) is 0 Å². The van der Waals surface area contributed by atoms with Crippen LogP contribution in [0.1, 0.15) is 11.7 Å². The van der Waals surface area contributed by atoms with E-state index >= 15 is 0 Å². The SMILES string of the molecule is COC(=O)C1NC(=O)OC1c1ccc(Cl)cc1. The predicted octanol–water partition coefficient (Wildman–Crippen LogP) is 1.66. The number of ether oxygens (including phenoxy) is 2. The second kappa shape index (κ2) is 4.63. The number of carbonyl (C=O) groups is 2. The van der Waals surface area contributed by atoms with Crippen molar-refractivity contribution in [2.75, 3.05) is 7.11 Å². The summed E-state index contributed by atoms with van der Waals surface area (Å²) in [5.74, 6) is -0.546. The second-order valence-electron chi connectivity index (χ2n) is 3.52. The fraction of sp³-hybridized carbons (Fsp3) is 0.273. The molecule has 2 unspecified atom stereocenters. The highest BCUT2D eigenvalue weighted by Gasteiger charge is 2.40. The largest absolute Gasteiger partial charge is 0.467 e. The Morgan fingerprint density at radius 3 is 2.65 bits per heavy atom. The summed E-state index contributed by atoms with van der Waals surface area (Å²) < 4.78 is 9.63. The topological polar surface area (TPSA) is 64.6 Å². The van der Waals surface area contributed by atoms with Gasteiger partial charge in [0.15, 0.2) is 12.1 Å². The number of amides is 1. The number of alkyl carbamates (subject to hydrolysis) is 1. The molecule has 0 aromatic heterocycles. The summed E-state index contributed by atoms with van der Waals surface area (Å²) in [6.07, 6.45) is -1.33. The Bertz CT molecular complexity index is 445. The molecule has 0 bridgehead atoms. The van der Waals surface area contributed by atoms with Crippen molar-refractivity contribution in [2.24, 2.45) is 0 Å². The van der Waals surface area contributed by atoms with E-state index in [9.17, 15) is 9.59 Å². The van der Waals surface area contributed by atoms with Crippen LogP contribution in [0.25, 0.3) is 0 Å².